The Morgan fingerprint density at radius 2 is 1.18 bits per heavy atom. The van der Waals surface area contributed by atoms with Crippen molar-refractivity contribution in [2.75, 3.05) is 35.0 Å². The van der Waals surface area contributed by atoms with Gasteiger partial charge in [-0.2, -0.15) is 0 Å². The first kappa shape index (κ1) is 31.0. The fourth-order valence-corrected chi connectivity index (χ4v) is 3.56. The number of hydrogen-bond donors (Lipinski definition) is 1. The first-order valence-electron chi connectivity index (χ1n) is 12.4. The molecule has 0 fully saturated rings. The molecule has 1 amide bonds. The van der Waals surface area contributed by atoms with Gasteiger partial charge in [0.25, 0.3) is 0 Å². The Balaban J connectivity index is 2.23. The molecule has 0 aliphatic heterocycles. The molecule has 9 heteroatoms. The van der Waals surface area contributed by atoms with Crippen LogP contribution in [0, 0.1) is 5.92 Å². The zero-order chi connectivity index (χ0) is 29.0. The Bertz CT molecular complexity index is 1130. The van der Waals surface area contributed by atoms with Gasteiger partial charge in [-0.1, -0.05) is 24.3 Å². The largest absolute Gasteiger partial charge is 0.493 e. The van der Waals surface area contributed by atoms with Crippen LogP contribution < -0.4 is 24.3 Å². The van der Waals surface area contributed by atoms with Crippen LogP contribution in [0.25, 0.3) is 12.2 Å². The SMILES string of the molecule is COc1ccc(/C=C/C(=O)C(CCNC(=O)OC(C)(C)C)C(=O)/C=C/c2ccc(OC)c(OC)c2)cc1OC. The molecule has 210 valence electrons. The van der Waals surface area contributed by atoms with Crippen molar-refractivity contribution in [3.63, 3.8) is 0 Å². The predicted octanol–water partition coefficient (Wildman–Crippen LogP) is 5.12. The van der Waals surface area contributed by atoms with Gasteiger partial charge < -0.3 is 29.0 Å². The fourth-order valence-electron chi connectivity index (χ4n) is 3.56. The van der Waals surface area contributed by atoms with Crippen molar-refractivity contribution < 1.29 is 38.1 Å². The van der Waals surface area contributed by atoms with Gasteiger partial charge in [0, 0.05) is 6.54 Å². The molecule has 0 aromatic heterocycles. The van der Waals surface area contributed by atoms with E-state index in [-0.39, 0.29) is 13.0 Å². The minimum atomic E-state index is -1.02. The van der Waals surface area contributed by atoms with Crippen LogP contribution in [-0.4, -0.2) is 58.2 Å². The lowest BCUT2D eigenvalue weighted by Gasteiger charge is -2.20. The van der Waals surface area contributed by atoms with E-state index in [1.165, 1.54) is 40.6 Å². The second-order valence-corrected chi connectivity index (χ2v) is 9.47. The molecule has 2 rings (SSSR count). The van der Waals surface area contributed by atoms with Crippen molar-refractivity contribution in [3.05, 3.63) is 59.7 Å². The molecule has 0 unspecified atom stereocenters. The van der Waals surface area contributed by atoms with Crippen LogP contribution in [0.15, 0.2) is 48.6 Å². The van der Waals surface area contributed by atoms with Gasteiger partial charge >= 0.3 is 6.09 Å². The zero-order valence-corrected chi connectivity index (χ0v) is 23.5. The number of carbonyl (C=O) groups is 3. The average Bonchev–Trinajstić information content (AvgIpc) is 2.91. The average molecular weight is 540 g/mol. The third-order valence-corrected chi connectivity index (χ3v) is 5.48. The van der Waals surface area contributed by atoms with Crippen molar-refractivity contribution in [3.8, 4) is 23.0 Å². The number of benzene rings is 2. The summed E-state index contributed by atoms with van der Waals surface area (Å²) in [6.07, 6.45) is 5.36. The molecule has 0 heterocycles. The maximum atomic E-state index is 13.2. The summed E-state index contributed by atoms with van der Waals surface area (Å²) in [6, 6.07) is 10.4. The monoisotopic (exact) mass is 539 g/mol. The maximum absolute atomic E-state index is 13.2. The molecule has 2 aromatic carbocycles. The molecule has 9 nitrogen and oxygen atoms in total. The normalized spacial score (nSPS) is 11.5. The Hall–Kier alpha value is -4.27. The summed E-state index contributed by atoms with van der Waals surface area (Å²) in [6.45, 7) is 5.33. The van der Waals surface area contributed by atoms with Gasteiger partial charge in [-0.3, -0.25) is 9.59 Å². The fraction of sp³-hybridized carbons (Fsp3) is 0.367. The molecule has 2 aromatic rings. The molecule has 39 heavy (non-hydrogen) atoms. The van der Waals surface area contributed by atoms with Gasteiger partial charge in [0.1, 0.15) is 5.60 Å². The third-order valence-electron chi connectivity index (χ3n) is 5.48. The van der Waals surface area contributed by atoms with E-state index in [0.29, 0.717) is 34.1 Å². The van der Waals surface area contributed by atoms with Crippen LogP contribution >= 0.6 is 0 Å². The number of allylic oxidation sites excluding steroid dienone is 2. The minimum absolute atomic E-state index is 0.0749. The number of carbonyl (C=O) groups excluding carboxylic acids is 3. The number of amides is 1. The van der Waals surface area contributed by atoms with E-state index in [1.54, 1.807) is 69.3 Å². The molecule has 0 spiro atoms. The highest BCUT2D eigenvalue weighted by molar-refractivity contribution is 6.13. The van der Waals surface area contributed by atoms with E-state index in [4.69, 9.17) is 23.7 Å². The number of alkyl carbamates (subject to hydrolysis) is 1. The van der Waals surface area contributed by atoms with Gasteiger partial charge in [0.2, 0.25) is 0 Å². The molecule has 0 bridgehead atoms. The van der Waals surface area contributed by atoms with Crippen molar-refractivity contribution in [2.24, 2.45) is 5.92 Å². The van der Waals surface area contributed by atoms with E-state index >= 15 is 0 Å². The highest BCUT2D eigenvalue weighted by Crippen LogP contribution is 2.29. The summed E-state index contributed by atoms with van der Waals surface area (Å²) in [5.41, 5.74) is 0.722. The molecule has 0 aliphatic rings. The van der Waals surface area contributed by atoms with Crippen LogP contribution in [0.2, 0.25) is 0 Å². The molecular weight excluding hydrogens is 502 g/mol. The highest BCUT2D eigenvalue weighted by atomic mass is 16.6. The summed E-state index contributed by atoms with van der Waals surface area (Å²) in [7, 11) is 6.11. The smallest absolute Gasteiger partial charge is 0.407 e. The lowest BCUT2D eigenvalue weighted by Crippen LogP contribution is -2.35. The number of nitrogens with one attached hydrogen (secondary N) is 1. The summed E-state index contributed by atoms with van der Waals surface area (Å²) < 4.78 is 26.3. The standard InChI is InChI=1S/C30H37NO8/c1-30(2,3)39-29(34)31-17-16-22(23(32)12-8-20-10-14-25(35-4)27(18-20)37-6)24(33)13-9-21-11-15-26(36-5)28(19-21)38-7/h8-15,18-19,22H,16-17H2,1-7H3,(H,31,34)/b12-8+,13-9+. The van der Waals surface area contributed by atoms with E-state index in [0.717, 1.165) is 0 Å². The third kappa shape index (κ3) is 9.85. The number of ketones is 2. The van der Waals surface area contributed by atoms with E-state index in [2.05, 4.69) is 5.32 Å². The Morgan fingerprint density at radius 3 is 1.56 bits per heavy atom. The first-order valence-corrected chi connectivity index (χ1v) is 12.4. The highest BCUT2D eigenvalue weighted by Gasteiger charge is 2.24. The lowest BCUT2D eigenvalue weighted by atomic mass is 9.93. The number of ether oxygens (including phenoxy) is 5. The second kappa shape index (κ2) is 14.6. The molecule has 0 saturated carbocycles. The van der Waals surface area contributed by atoms with Crippen LogP contribution in [0.5, 0.6) is 23.0 Å². The second-order valence-electron chi connectivity index (χ2n) is 9.47. The molecule has 0 saturated heterocycles. The number of hydrogen-bond acceptors (Lipinski definition) is 8. The summed E-state index contributed by atoms with van der Waals surface area (Å²) in [5.74, 6) is 0.312. The van der Waals surface area contributed by atoms with Crippen LogP contribution in [0.4, 0.5) is 4.79 Å². The van der Waals surface area contributed by atoms with Gasteiger partial charge in [-0.15, -0.1) is 0 Å². The lowest BCUT2D eigenvalue weighted by molar-refractivity contribution is -0.127. The minimum Gasteiger partial charge on any atom is -0.493 e. The Kier molecular flexibility index (Phi) is 11.6. The van der Waals surface area contributed by atoms with Gasteiger partial charge in [0.05, 0.1) is 34.4 Å². The van der Waals surface area contributed by atoms with Gasteiger partial charge in [-0.05, 0) is 74.7 Å². The zero-order valence-electron chi connectivity index (χ0n) is 23.5. The van der Waals surface area contributed by atoms with Crippen molar-refractivity contribution in [2.45, 2.75) is 32.8 Å². The quantitative estimate of drug-likeness (QED) is 0.276. The summed E-state index contributed by atoms with van der Waals surface area (Å²) in [5, 5.41) is 2.61. The van der Waals surface area contributed by atoms with Crippen molar-refractivity contribution in [1.29, 1.82) is 0 Å². The van der Waals surface area contributed by atoms with E-state index in [1.807, 2.05) is 0 Å². The van der Waals surface area contributed by atoms with Crippen LogP contribution in [0.1, 0.15) is 38.3 Å². The Morgan fingerprint density at radius 1 is 0.744 bits per heavy atom. The molecule has 0 atom stereocenters. The van der Waals surface area contributed by atoms with E-state index < -0.39 is 29.2 Å². The summed E-state index contributed by atoms with van der Waals surface area (Å²) >= 11 is 0. The predicted molar refractivity (Wildman–Crippen MR) is 150 cm³/mol. The van der Waals surface area contributed by atoms with Gasteiger partial charge in [0.15, 0.2) is 34.6 Å². The Labute approximate surface area is 229 Å². The van der Waals surface area contributed by atoms with Gasteiger partial charge in [-0.25, -0.2) is 4.79 Å². The number of methoxy groups -OCH3 is 4. The van der Waals surface area contributed by atoms with Crippen molar-refractivity contribution >= 4 is 29.8 Å². The molecule has 0 aliphatic carbocycles. The topological polar surface area (TPSA) is 109 Å². The molecule has 0 radical (unpaired) electrons. The first-order chi connectivity index (χ1) is 18.5. The molecular formula is C30H37NO8. The van der Waals surface area contributed by atoms with E-state index in [9.17, 15) is 14.4 Å². The summed E-state index contributed by atoms with van der Waals surface area (Å²) in [4.78, 5) is 38.4. The van der Waals surface area contributed by atoms with Crippen LogP contribution in [-0.2, 0) is 14.3 Å². The number of rotatable bonds is 13. The van der Waals surface area contributed by atoms with Crippen molar-refractivity contribution in [1.82, 2.24) is 5.32 Å². The van der Waals surface area contributed by atoms with Crippen LogP contribution in [0.3, 0.4) is 0 Å². The maximum Gasteiger partial charge on any atom is 0.407 e. The molecule has 1 N–H and O–H groups in total.